The van der Waals surface area contributed by atoms with Gasteiger partial charge in [0.25, 0.3) is 0 Å². The number of ether oxygens (including phenoxy) is 3. The van der Waals surface area contributed by atoms with Crippen LogP contribution in [0.3, 0.4) is 0 Å². The van der Waals surface area contributed by atoms with Gasteiger partial charge in [0.05, 0.1) is 18.7 Å². The minimum atomic E-state index is -0.410. The lowest BCUT2D eigenvalue weighted by Gasteiger charge is -2.37. The summed E-state index contributed by atoms with van der Waals surface area (Å²) in [4.78, 5) is 27.4. The van der Waals surface area contributed by atoms with Crippen LogP contribution in [0.2, 0.25) is 0 Å². The van der Waals surface area contributed by atoms with Crippen LogP contribution in [0.1, 0.15) is 35.2 Å². The third-order valence-electron chi connectivity index (χ3n) is 6.07. The van der Waals surface area contributed by atoms with Gasteiger partial charge in [-0.1, -0.05) is 29.8 Å². The predicted molar refractivity (Wildman–Crippen MR) is 112 cm³/mol. The summed E-state index contributed by atoms with van der Waals surface area (Å²) in [5, 5.41) is 0.717. The Balaban J connectivity index is 1.64. The molecule has 2 atom stereocenters. The first-order valence-corrected chi connectivity index (χ1v) is 10.7. The molecule has 0 N–H and O–H groups in total. The van der Waals surface area contributed by atoms with Gasteiger partial charge in [0.15, 0.2) is 0 Å². The fraction of sp³-hybridized carbons (Fsp3) is 0.478. The maximum absolute atomic E-state index is 13.5. The first-order valence-electron chi connectivity index (χ1n) is 10.3. The molecule has 0 spiro atoms. The Morgan fingerprint density at radius 3 is 2.73 bits per heavy atom. The summed E-state index contributed by atoms with van der Waals surface area (Å²) >= 11 is 6.11. The molecule has 1 aliphatic carbocycles. The van der Waals surface area contributed by atoms with Crippen LogP contribution >= 0.6 is 11.6 Å². The number of carbonyl (C=O) groups excluding carboxylic acids is 2. The Bertz CT molecular complexity index is 874. The van der Waals surface area contributed by atoms with Crippen molar-refractivity contribution in [2.45, 2.75) is 31.8 Å². The number of nitrogens with zero attached hydrogens (tertiary/aromatic N) is 1. The number of rotatable bonds is 3. The molecule has 1 aromatic rings. The summed E-state index contributed by atoms with van der Waals surface area (Å²) in [5.74, 6) is 0.436. The molecular formula is C23H26ClNO5. The topological polar surface area (TPSA) is 65.1 Å². The molecule has 0 aromatic heterocycles. The smallest absolute Gasteiger partial charge is 0.337 e. The SMILES string of the molecule is COC(=O)c1ccc2c(c1)OC[C@H](C1C=CC(Cl)=CC1)N(C(=O)C1CCOCC1)C2. The number of esters is 1. The minimum Gasteiger partial charge on any atom is -0.491 e. The zero-order valence-electron chi connectivity index (χ0n) is 17.0. The Hall–Kier alpha value is -2.31. The first kappa shape index (κ1) is 20.9. The Morgan fingerprint density at radius 1 is 1.23 bits per heavy atom. The molecule has 0 radical (unpaired) electrons. The van der Waals surface area contributed by atoms with Crippen molar-refractivity contribution in [3.05, 3.63) is 52.6 Å². The van der Waals surface area contributed by atoms with Crippen molar-refractivity contribution >= 4 is 23.5 Å². The molecule has 2 heterocycles. The molecule has 30 heavy (non-hydrogen) atoms. The summed E-state index contributed by atoms with van der Waals surface area (Å²) in [6.45, 7) is 2.03. The van der Waals surface area contributed by atoms with Crippen molar-refractivity contribution in [2.24, 2.45) is 11.8 Å². The van der Waals surface area contributed by atoms with E-state index in [9.17, 15) is 9.59 Å². The van der Waals surface area contributed by atoms with Gasteiger partial charge < -0.3 is 19.1 Å². The van der Waals surface area contributed by atoms with E-state index in [4.69, 9.17) is 25.8 Å². The van der Waals surface area contributed by atoms with Gasteiger partial charge in [-0.25, -0.2) is 4.79 Å². The number of amides is 1. The quantitative estimate of drug-likeness (QED) is 0.683. The molecule has 4 rings (SSSR count). The highest BCUT2D eigenvalue weighted by Gasteiger charge is 2.37. The molecule has 1 saturated heterocycles. The van der Waals surface area contributed by atoms with E-state index in [1.807, 2.05) is 23.1 Å². The van der Waals surface area contributed by atoms with Gasteiger partial charge in [-0.05, 0) is 37.5 Å². The minimum absolute atomic E-state index is 0.0381. The van der Waals surface area contributed by atoms with E-state index < -0.39 is 5.97 Å². The van der Waals surface area contributed by atoms with Crippen LogP contribution in [-0.2, 0) is 20.8 Å². The van der Waals surface area contributed by atoms with Crippen molar-refractivity contribution in [2.75, 3.05) is 26.9 Å². The molecule has 160 valence electrons. The fourth-order valence-electron chi connectivity index (χ4n) is 4.30. The van der Waals surface area contributed by atoms with Crippen LogP contribution < -0.4 is 4.74 Å². The zero-order chi connectivity index (χ0) is 21.1. The molecule has 1 fully saturated rings. The summed E-state index contributed by atoms with van der Waals surface area (Å²) in [6.07, 6.45) is 8.17. The van der Waals surface area contributed by atoms with E-state index >= 15 is 0 Å². The largest absolute Gasteiger partial charge is 0.491 e. The van der Waals surface area contributed by atoms with Crippen molar-refractivity contribution < 1.29 is 23.8 Å². The predicted octanol–water partition coefficient (Wildman–Crippen LogP) is 3.69. The van der Waals surface area contributed by atoms with Gasteiger partial charge in [-0.3, -0.25) is 4.79 Å². The number of carbonyl (C=O) groups is 2. The molecule has 7 heteroatoms. The lowest BCUT2D eigenvalue weighted by molar-refractivity contribution is -0.143. The highest BCUT2D eigenvalue weighted by Crippen LogP contribution is 2.34. The van der Waals surface area contributed by atoms with Crippen LogP contribution in [0.5, 0.6) is 5.75 Å². The lowest BCUT2D eigenvalue weighted by atomic mass is 9.89. The fourth-order valence-corrected chi connectivity index (χ4v) is 4.46. The van der Waals surface area contributed by atoms with Crippen molar-refractivity contribution in [1.29, 1.82) is 0 Å². The number of methoxy groups -OCH3 is 1. The normalized spacial score (nSPS) is 24.3. The van der Waals surface area contributed by atoms with Gasteiger partial charge in [-0.2, -0.15) is 0 Å². The number of benzene rings is 1. The second-order valence-electron chi connectivity index (χ2n) is 7.89. The van der Waals surface area contributed by atoms with Crippen molar-refractivity contribution in [3.63, 3.8) is 0 Å². The van der Waals surface area contributed by atoms with Gasteiger partial charge >= 0.3 is 5.97 Å². The van der Waals surface area contributed by atoms with Crippen LogP contribution in [0, 0.1) is 11.8 Å². The van der Waals surface area contributed by atoms with Crippen molar-refractivity contribution in [3.8, 4) is 5.75 Å². The Morgan fingerprint density at radius 2 is 2.03 bits per heavy atom. The van der Waals surface area contributed by atoms with Crippen molar-refractivity contribution in [1.82, 2.24) is 4.90 Å². The summed E-state index contributed by atoms with van der Waals surface area (Å²) in [5.41, 5.74) is 1.32. The molecule has 1 amide bonds. The lowest BCUT2D eigenvalue weighted by Crippen LogP contribution is -2.49. The maximum Gasteiger partial charge on any atom is 0.337 e. The van der Waals surface area contributed by atoms with Gasteiger partial charge in [0.1, 0.15) is 12.4 Å². The van der Waals surface area contributed by atoms with Gasteiger partial charge in [0, 0.05) is 42.2 Å². The molecule has 1 unspecified atom stereocenters. The second kappa shape index (κ2) is 9.23. The molecule has 0 saturated carbocycles. The van der Waals surface area contributed by atoms with E-state index in [0.717, 1.165) is 24.8 Å². The summed E-state index contributed by atoms with van der Waals surface area (Å²) in [7, 11) is 1.35. The number of allylic oxidation sites excluding steroid dienone is 3. The van der Waals surface area contributed by atoms with Crippen LogP contribution in [0.4, 0.5) is 0 Å². The molecule has 1 aromatic carbocycles. The molecule has 0 bridgehead atoms. The first-order chi connectivity index (χ1) is 14.6. The van der Waals surface area contributed by atoms with E-state index in [1.54, 1.807) is 12.1 Å². The molecule has 6 nitrogen and oxygen atoms in total. The van der Waals surface area contributed by atoms with Crippen LogP contribution in [0.15, 0.2) is 41.5 Å². The number of hydrogen-bond acceptors (Lipinski definition) is 5. The van der Waals surface area contributed by atoms with Gasteiger partial charge in [0.2, 0.25) is 5.91 Å². The number of hydrogen-bond donors (Lipinski definition) is 0. The monoisotopic (exact) mass is 431 g/mol. The highest BCUT2D eigenvalue weighted by atomic mass is 35.5. The standard InChI is InChI=1S/C23H26ClNO5/c1-28-23(27)17-2-3-18-13-25(22(26)16-8-10-29-11-9-16)20(14-30-21(18)12-17)15-4-6-19(24)7-5-15/h2-4,6-7,12,15-16,20H,5,8-11,13-14H2,1H3/t15?,20-/m1/s1. The van der Waals surface area contributed by atoms with E-state index in [2.05, 4.69) is 6.08 Å². The van der Waals surface area contributed by atoms with E-state index in [-0.39, 0.29) is 23.8 Å². The Labute approximate surface area is 181 Å². The maximum atomic E-state index is 13.5. The third kappa shape index (κ3) is 4.40. The Kier molecular flexibility index (Phi) is 6.44. The van der Waals surface area contributed by atoms with Crippen LogP contribution in [-0.4, -0.2) is 49.7 Å². The summed E-state index contributed by atoms with van der Waals surface area (Å²) in [6, 6.07) is 5.15. The molecule has 3 aliphatic rings. The summed E-state index contributed by atoms with van der Waals surface area (Å²) < 4.78 is 16.4. The van der Waals surface area contributed by atoms with E-state index in [0.29, 0.717) is 42.7 Å². The third-order valence-corrected chi connectivity index (χ3v) is 6.35. The van der Waals surface area contributed by atoms with Crippen LogP contribution in [0.25, 0.3) is 0 Å². The van der Waals surface area contributed by atoms with Gasteiger partial charge in [-0.15, -0.1) is 0 Å². The molecule has 2 aliphatic heterocycles. The zero-order valence-corrected chi connectivity index (χ0v) is 17.8. The average molecular weight is 432 g/mol. The highest BCUT2D eigenvalue weighted by molar-refractivity contribution is 6.31. The van der Waals surface area contributed by atoms with E-state index in [1.165, 1.54) is 7.11 Å². The molecular weight excluding hydrogens is 406 g/mol. The average Bonchev–Trinajstić information content (AvgIpc) is 2.98. The number of fused-ring (bicyclic) bond motifs is 1. The second-order valence-corrected chi connectivity index (χ2v) is 8.33. The number of halogens is 1.